The van der Waals surface area contributed by atoms with Crippen LogP contribution in [0.5, 0.6) is 5.75 Å². The molecule has 25 heavy (non-hydrogen) atoms. The largest absolute Gasteiger partial charge is 0.494 e. The Kier molecular flexibility index (Phi) is 4.71. The Balaban J connectivity index is 1.71. The highest BCUT2D eigenvalue weighted by Crippen LogP contribution is 2.29. The Morgan fingerprint density at radius 1 is 1.16 bits per heavy atom. The van der Waals surface area contributed by atoms with Crippen molar-refractivity contribution in [3.63, 3.8) is 0 Å². The van der Waals surface area contributed by atoms with Gasteiger partial charge in [0.05, 0.1) is 12.3 Å². The molecule has 0 saturated heterocycles. The summed E-state index contributed by atoms with van der Waals surface area (Å²) in [7, 11) is -3.70. The number of nitrogens with zero attached hydrogens (tertiary/aromatic N) is 2. The molecule has 0 aliphatic carbocycles. The minimum Gasteiger partial charge on any atom is -0.494 e. The number of hydrogen-bond donors (Lipinski definition) is 1. The lowest BCUT2D eigenvalue weighted by atomic mass is 10.2. The van der Waals surface area contributed by atoms with E-state index in [1.807, 2.05) is 6.92 Å². The van der Waals surface area contributed by atoms with Gasteiger partial charge in [-0.05, 0) is 43.3 Å². The van der Waals surface area contributed by atoms with Gasteiger partial charge in [0.25, 0.3) is 10.0 Å². The van der Waals surface area contributed by atoms with Gasteiger partial charge in [-0.3, -0.25) is 4.79 Å². The molecule has 1 amide bonds. The van der Waals surface area contributed by atoms with Crippen molar-refractivity contribution in [1.29, 1.82) is 0 Å². The van der Waals surface area contributed by atoms with E-state index in [9.17, 15) is 13.2 Å². The van der Waals surface area contributed by atoms with Crippen LogP contribution in [0, 0.1) is 0 Å². The van der Waals surface area contributed by atoms with Crippen LogP contribution in [-0.4, -0.2) is 33.8 Å². The fourth-order valence-electron chi connectivity index (χ4n) is 2.43. The molecule has 8 heteroatoms. The van der Waals surface area contributed by atoms with Crippen LogP contribution in [0.25, 0.3) is 0 Å². The maximum absolute atomic E-state index is 12.3. The Morgan fingerprint density at radius 2 is 1.88 bits per heavy atom. The number of benzene rings is 2. The first-order chi connectivity index (χ1) is 12.0. The summed E-state index contributed by atoms with van der Waals surface area (Å²) in [6.45, 7) is 2.42. The molecule has 0 radical (unpaired) electrons. The number of anilines is 2. The van der Waals surface area contributed by atoms with Gasteiger partial charge in [-0.25, -0.2) is 0 Å². The molecule has 1 aliphatic heterocycles. The third-order valence-electron chi connectivity index (χ3n) is 3.54. The molecule has 7 nitrogen and oxygen atoms in total. The molecule has 0 bridgehead atoms. The number of carbonyl (C=O) groups is 1. The number of sulfonamides is 1. The Bertz CT molecular complexity index is 908. The normalized spacial score (nSPS) is 14.7. The highest BCUT2D eigenvalue weighted by atomic mass is 32.2. The second kappa shape index (κ2) is 6.94. The van der Waals surface area contributed by atoms with Gasteiger partial charge in [0.2, 0.25) is 5.91 Å². The predicted octanol–water partition coefficient (Wildman–Crippen LogP) is 2.26. The minimum atomic E-state index is -3.70. The Labute approximate surface area is 146 Å². The molecule has 1 heterocycles. The summed E-state index contributed by atoms with van der Waals surface area (Å²) in [5, 5.41) is 2.76. The summed E-state index contributed by atoms with van der Waals surface area (Å²) in [6.07, 6.45) is 1.16. The van der Waals surface area contributed by atoms with Crippen molar-refractivity contribution in [2.24, 2.45) is 4.40 Å². The van der Waals surface area contributed by atoms with Crippen LogP contribution in [0.2, 0.25) is 0 Å². The van der Waals surface area contributed by atoms with Crippen LogP contribution in [0.1, 0.15) is 6.92 Å². The molecule has 0 saturated carbocycles. The van der Waals surface area contributed by atoms with Gasteiger partial charge in [-0.15, -0.1) is 4.40 Å². The van der Waals surface area contributed by atoms with Gasteiger partial charge in [-0.2, -0.15) is 8.42 Å². The molecule has 0 fully saturated rings. The number of rotatable bonds is 5. The molecule has 1 N–H and O–H groups in total. The number of para-hydroxylation sites is 1. The fraction of sp³-hybridized carbons (Fsp3) is 0.176. The van der Waals surface area contributed by atoms with Gasteiger partial charge in [-0.1, -0.05) is 12.1 Å². The van der Waals surface area contributed by atoms with Crippen LogP contribution < -0.4 is 15.0 Å². The molecule has 130 valence electrons. The van der Waals surface area contributed by atoms with Gasteiger partial charge >= 0.3 is 0 Å². The third-order valence-corrected chi connectivity index (χ3v) is 4.81. The van der Waals surface area contributed by atoms with Crippen molar-refractivity contribution in [2.75, 3.05) is 23.4 Å². The van der Waals surface area contributed by atoms with Crippen molar-refractivity contribution in [3.8, 4) is 5.75 Å². The van der Waals surface area contributed by atoms with Crippen molar-refractivity contribution < 1.29 is 17.9 Å². The average molecular weight is 359 g/mol. The number of ether oxygens (including phenoxy) is 1. The van der Waals surface area contributed by atoms with E-state index in [0.29, 0.717) is 18.0 Å². The molecule has 1 aliphatic rings. The minimum absolute atomic E-state index is 0.0523. The number of nitrogens with one attached hydrogen (secondary N) is 1. The lowest BCUT2D eigenvalue weighted by Crippen LogP contribution is -2.35. The molecule has 2 aromatic carbocycles. The Morgan fingerprint density at radius 3 is 2.60 bits per heavy atom. The van der Waals surface area contributed by atoms with E-state index in [1.165, 1.54) is 11.0 Å². The molecular formula is C17H17N3O4S. The third kappa shape index (κ3) is 3.80. The molecule has 0 aromatic heterocycles. The molecule has 2 aromatic rings. The summed E-state index contributed by atoms with van der Waals surface area (Å²) in [5.41, 5.74) is 1.06. The summed E-state index contributed by atoms with van der Waals surface area (Å²) < 4.78 is 32.8. The fourth-order valence-corrected chi connectivity index (χ4v) is 3.48. The SMILES string of the molecule is CCOc1ccc(NC(=O)CN2C=NS(=O)(=O)c3ccccc32)cc1. The predicted molar refractivity (Wildman–Crippen MR) is 95.7 cm³/mol. The van der Waals surface area contributed by atoms with Crippen LogP contribution in [-0.2, 0) is 14.8 Å². The first-order valence-corrected chi connectivity index (χ1v) is 9.12. The maximum atomic E-state index is 12.3. The second-order valence-corrected chi connectivity index (χ2v) is 6.90. The van der Waals surface area contributed by atoms with E-state index >= 15 is 0 Å². The van der Waals surface area contributed by atoms with E-state index in [1.54, 1.807) is 42.5 Å². The quantitative estimate of drug-likeness (QED) is 0.885. The second-order valence-electron chi connectivity index (χ2n) is 5.30. The Hall–Kier alpha value is -2.87. The molecule has 0 spiro atoms. The van der Waals surface area contributed by atoms with Gasteiger partial charge in [0.1, 0.15) is 23.5 Å². The van der Waals surface area contributed by atoms with E-state index in [0.717, 1.165) is 12.1 Å². The van der Waals surface area contributed by atoms with Crippen LogP contribution in [0.15, 0.2) is 57.8 Å². The summed E-state index contributed by atoms with van der Waals surface area (Å²) in [4.78, 5) is 13.9. The van der Waals surface area contributed by atoms with E-state index in [-0.39, 0.29) is 17.3 Å². The molecule has 0 unspecified atom stereocenters. The zero-order valence-electron chi connectivity index (χ0n) is 13.5. The number of carbonyl (C=O) groups excluding carboxylic acids is 1. The monoisotopic (exact) mass is 359 g/mol. The topological polar surface area (TPSA) is 88.1 Å². The van der Waals surface area contributed by atoms with Gasteiger partial charge < -0.3 is 15.0 Å². The van der Waals surface area contributed by atoms with E-state index in [2.05, 4.69) is 9.71 Å². The van der Waals surface area contributed by atoms with Crippen molar-refractivity contribution in [3.05, 3.63) is 48.5 Å². The zero-order valence-corrected chi connectivity index (χ0v) is 14.4. The van der Waals surface area contributed by atoms with Crippen molar-refractivity contribution in [2.45, 2.75) is 11.8 Å². The van der Waals surface area contributed by atoms with Crippen molar-refractivity contribution >= 4 is 33.6 Å². The smallest absolute Gasteiger partial charge is 0.285 e. The lowest BCUT2D eigenvalue weighted by molar-refractivity contribution is -0.114. The number of fused-ring (bicyclic) bond motifs is 1. The van der Waals surface area contributed by atoms with Gasteiger partial charge in [0.15, 0.2) is 0 Å². The standard InChI is InChI=1S/C17H17N3O4S/c1-2-24-14-9-7-13(8-10-14)19-17(21)11-20-12-18-25(22,23)16-6-4-3-5-15(16)20/h3-10,12H,2,11H2,1H3,(H,19,21). The summed E-state index contributed by atoms with van der Waals surface area (Å²) in [5.74, 6) is 0.438. The first kappa shape index (κ1) is 17.0. The van der Waals surface area contributed by atoms with Crippen LogP contribution >= 0.6 is 0 Å². The highest BCUT2D eigenvalue weighted by molar-refractivity contribution is 7.90. The summed E-state index contributed by atoms with van der Waals surface area (Å²) >= 11 is 0. The van der Waals surface area contributed by atoms with E-state index in [4.69, 9.17) is 4.74 Å². The zero-order chi connectivity index (χ0) is 17.9. The number of hydrogen-bond acceptors (Lipinski definition) is 5. The maximum Gasteiger partial charge on any atom is 0.285 e. The first-order valence-electron chi connectivity index (χ1n) is 7.68. The average Bonchev–Trinajstić information content (AvgIpc) is 2.60. The van der Waals surface area contributed by atoms with Crippen LogP contribution in [0.3, 0.4) is 0 Å². The summed E-state index contributed by atoms with van der Waals surface area (Å²) in [6, 6.07) is 13.5. The number of amides is 1. The molecule has 0 atom stereocenters. The lowest BCUT2D eigenvalue weighted by Gasteiger charge is -2.24. The molecular weight excluding hydrogens is 342 g/mol. The van der Waals surface area contributed by atoms with E-state index < -0.39 is 10.0 Å². The van der Waals surface area contributed by atoms with Crippen molar-refractivity contribution in [1.82, 2.24) is 0 Å². The molecule has 3 rings (SSSR count). The highest BCUT2D eigenvalue weighted by Gasteiger charge is 2.25. The van der Waals surface area contributed by atoms with Crippen LogP contribution in [0.4, 0.5) is 11.4 Å². The van der Waals surface area contributed by atoms with Gasteiger partial charge in [0, 0.05) is 5.69 Å².